The van der Waals surface area contributed by atoms with Crippen LogP contribution in [0.2, 0.25) is 0 Å². The van der Waals surface area contributed by atoms with Crippen molar-refractivity contribution in [1.29, 1.82) is 0 Å². The van der Waals surface area contributed by atoms with E-state index >= 15 is 0 Å². The Balaban J connectivity index is 2.47. The number of benzene rings is 1. The molecule has 0 fully saturated rings. The van der Waals surface area contributed by atoms with Gasteiger partial charge in [-0.3, -0.25) is 19.7 Å². The number of nitro groups is 1. The summed E-state index contributed by atoms with van der Waals surface area (Å²) in [7, 11) is 1.48. The minimum absolute atomic E-state index is 0.00193. The third-order valence-corrected chi connectivity index (χ3v) is 3.56. The maximum Gasteiger partial charge on any atom is 0.291 e. The van der Waals surface area contributed by atoms with Crippen LogP contribution in [0.3, 0.4) is 0 Å². The van der Waals surface area contributed by atoms with E-state index in [9.17, 15) is 19.7 Å². The number of rotatable bonds is 8. The number of nitro benzene ring substituents is 1. The smallest absolute Gasteiger partial charge is 0.291 e. The van der Waals surface area contributed by atoms with Gasteiger partial charge >= 0.3 is 0 Å². The molecule has 1 aromatic carbocycles. The molecule has 0 aliphatic rings. The zero-order chi connectivity index (χ0) is 20.0. The van der Waals surface area contributed by atoms with Gasteiger partial charge in [-0.15, -0.1) is 0 Å². The van der Waals surface area contributed by atoms with E-state index in [-0.39, 0.29) is 41.8 Å². The highest BCUT2D eigenvalue weighted by atomic mass is 16.6. The van der Waals surface area contributed by atoms with Crippen molar-refractivity contribution in [2.45, 2.75) is 19.9 Å². The molecule has 0 bridgehead atoms. The standard InChI is InChI=1S/C17H21N5O5/c1-10(2)20-15-17(24)21-13(9-19-15)11-5-4-6-12(14(11)22(25)26)16(23)18-7-8-27-3/h4-6,9-10H,7-8H2,1-3H3,(H,18,23)(H,19,20)(H,21,24). The van der Waals surface area contributed by atoms with E-state index in [1.54, 1.807) is 0 Å². The summed E-state index contributed by atoms with van der Waals surface area (Å²) in [5.41, 5.74) is -0.786. The highest BCUT2D eigenvalue weighted by Crippen LogP contribution is 2.31. The molecule has 1 aromatic heterocycles. The monoisotopic (exact) mass is 375 g/mol. The minimum Gasteiger partial charge on any atom is -0.383 e. The molecule has 0 unspecified atom stereocenters. The number of aromatic nitrogens is 2. The molecule has 0 saturated carbocycles. The average molecular weight is 375 g/mol. The van der Waals surface area contributed by atoms with Crippen molar-refractivity contribution in [3.8, 4) is 11.3 Å². The second kappa shape index (κ2) is 8.90. The van der Waals surface area contributed by atoms with Gasteiger partial charge in [0.15, 0.2) is 5.82 Å². The lowest BCUT2D eigenvalue weighted by Crippen LogP contribution is -2.27. The number of amides is 1. The highest BCUT2D eigenvalue weighted by molar-refractivity contribution is 6.00. The van der Waals surface area contributed by atoms with Crippen LogP contribution in [0.1, 0.15) is 24.2 Å². The lowest BCUT2D eigenvalue weighted by atomic mass is 10.0. The molecule has 0 radical (unpaired) electrons. The van der Waals surface area contributed by atoms with Crippen LogP contribution in [0.4, 0.5) is 11.5 Å². The fourth-order valence-electron chi connectivity index (χ4n) is 2.42. The molecule has 27 heavy (non-hydrogen) atoms. The van der Waals surface area contributed by atoms with E-state index < -0.39 is 22.1 Å². The Morgan fingerprint density at radius 1 is 1.41 bits per heavy atom. The van der Waals surface area contributed by atoms with E-state index in [0.29, 0.717) is 0 Å². The summed E-state index contributed by atoms with van der Waals surface area (Å²) in [6.45, 7) is 4.20. The summed E-state index contributed by atoms with van der Waals surface area (Å²) in [6.07, 6.45) is 1.32. The van der Waals surface area contributed by atoms with Gasteiger partial charge in [-0.25, -0.2) is 4.98 Å². The van der Waals surface area contributed by atoms with Crippen molar-refractivity contribution >= 4 is 17.4 Å². The van der Waals surface area contributed by atoms with Crippen molar-refractivity contribution in [2.75, 3.05) is 25.6 Å². The number of para-hydroxylation sites is 1. The molecular weight excluding hydrogens is 354 g/mol. The van der Waals surface area contributed by atoms with Crippen molar-refractivity contribution < 1.29 is 14.5 Å². The van der Waals surface area contributed by atoms with Crippen molar-refractivity contribution in [3.05, 3.63) is 50.4 Å². The molecule has 144 valence electrons. The number of methoxy groups -OCH3 is 1. The Bertz CT molecular complexity index is 894. The number of hydrogen-bond acceptors (Lipinski definition) is 7. The molecule has 3 N–H and O–H groups in total. The number of nitrogens with zero attached hydrogens (tertiary/aromatic N) is 2. The number of hydrogen-bond donors (Lipinski definition) is 3. The first-order valence-electron chi connectivity index (χ1n) is 8.26. The molecular formula is C17H21N5O5. The second-order valence-corrected chi connectivity index (χ2v) is 5.98. The average Bonchev–Trinajstić information content (AvgIpc) is 2.62. The third-order valence-electron chi connectivity index (χ3n) is 3.56. The van der Waals surface area contributed by atoms with Crippen LogP contribution in [-0.2, 0) is 4.74 Å². The predicted octanol–water partition coefficient (Wildman–Crippen LogP) is 1.54. The normalized spacial score (nSPS) is 10.7. The van der Waals surface area contributed by atoms with Gasteiger partial charge in [0.1, 0.15) is 5.56 Å². The van der Waals surface area contributed by atoms with Crippen molar-refractivity contribution in [1.82, 2.24) is 15.3 Å². The number of carbonyl (C=O) groups excluding carboxylic acids is 1. The molecule has 2 aromatic rings. The molecule has 0 atom stereocenters. The van der Waals surface area contributed by atoms with Gasteiger partial charge in [-0.1, -0.05) is 6.07 Å². The summed E-state index contributed by atoms with van der Waals surface area (Å²) in [4.78, 5) is 42.1. The largest absolute Gasteiger partial charge is 0.383 e. The summed E-state index contributed by atoms with van der Waals surface area (Å²) in [6, 6.07) is 4.31. The van der Waals surface area contributed by atoms with Gasteiger partial charge in [-0.2, -0.15) is 0 Å². The molecule has 0 aliphatic heterocycles. The highest BCUT2D eigenvalue weighted by Gasteiger charge is 2.26. The van der Waals surface area contributed by atoms with Gasteiger partial charge in [0.25, 0.3) is 17.2 Å². The van der Waals surface area contributed by atoms with Crippen LogP contribution in [0.5, 0.6) is 0 Å². The fraction of sp³-hybridized carbons (Fsp3) is 0.353. The van der Waals surface area contributed by atoms with Gasteiger partial charge < -0.3 is 20.4 Å². The maximum absolute atomic E-state index is 12.3. The Hall–Kier alpha value is -3.27. The lowest BCUT2D eigenvalue weighted by Gasteiger charge is -2.10. The molecule has 1 amide bonds. The molecule has 0 aliphatic carbocycles. The van der Waals surface area contributed by atoms with Crippen LogP contribution in [-0.4, -0.2) is 47.1 Å². The van der Waals surface area contributed by atoms with Gasteiger partial charge in [0.2, 0.25) is 0 Å². The summed E-state index contributed by atoms with van der Waals surface area (Å²) < 4.78 is 4.85. The summed E-state index contributed by atoms with van der Waals surface area (Å²) in [5.74, 6) is -0.487. The fourth-order valence-corrected chi connectivity index (χ4v) is 2.42. The third kappa shape index (κ3) is 4.88. The second-order valence-electron chi connectivity index (χ2n) is 5.98. The first-order valence-corrected chi connectivity index (χ1v) is 8.26. The zero-order valence-electron chi connectivity index (χ0n) is 15.2. The zero-order valence-corrected chi connectivity index (χ0v) is 15.2. The van der Waals surface area contributed by atoms with E-state index in [2.05, 4.69) is 20.6 Å². The Morgan fingerprint density at radius 2 is 2.15 bits per heavy atom. The van der Waals surface area contributed by atoms with Gasteiger partial charge in [0, 0.05) is 19.7 Å². The number of H-pyrrole nitrogens is 1. The number of ether oxygens (including phenoxy) is 1. The van der Waals surface area contributed by atoms with Crippen LogP contribution in [0.25, 0.3) is 11.3 Å². The van der Waals surface area contributed by atoms with Gasteiger partial charge in [0.05, 0.1) is 29.0 Å². The maximum atomic E-state index is 12.3. The molecule has 1 heterocycles. The SMILES string of the molecule is COCCNC(=O)c1cccc(-c2cnc(NC(C)C)c(=O)[nH]2)c1[N+](=O)[O-]. The van der Waals surface area contributed by atoms with Gasteiger partial charge in [-0.05, 0) is 26.0 Å². The molecule has 0 saturated heterocycles. The summed E-state index contributed by atoms with van der Waals surface area (Å²) in [5, 5.41) is 17.1. The van der Waals surface area contributed by atoms with E-state index in [1.807, 2.05) is 13.8 Å². The van der Waals surface area contributed by atoms with Crippen molar-refractivity contribution in [2.24, 2.45) is 0 Å². The number of carbonyl (C=O) groups is 1. The number of aromatic amines is 1. The van der Waals surface area contributed by atoms with E-state index in [4.69, 9.17) is 4.74 Å². The summed E-state index contributed by atoms with van der Waals surface area (Å²) >= 11 is 0. The molecule has 10 nitrogen and oxygen atoms in total. The first-order chi connectivity index (χ1) is 12.8. The van der Waals surface area contributed by atoms with Crippen molar-refractivity contribution in [3.63, 3.8) is 0 Å². The Labute approximate surface area is 155 Å². The minimum atomic E-state index is -0.654. The quantitative estimate of drug-likeness (QED) is 0.361. The predicted molar refractivity (Wildman–Crippen MR) is 99.9 cm³/mol. The molecule has 10 heteroatoms. The van der Waals surface area contributed by atoms with E-state index in [1.165, 1.54) is 31.5 Å². The lowest BCUT2D eigenvalue weighted by molar-refractivity contribution is -0.384. The van der Waals surface area contributed by atoms with Crippen LogP contribution in [0.15, 0.2) is 29.2 Å². The van der Waals surface area contributed by atoms with Crippen LogP contribution in [0, 0.1) is 10.1 Å². The van der Waals surface area contributed by atoms with E-state index in [0.717, 1.165) is 0 Å². The number of anilines is 1. The Kier molecular flexibility index (Phi) is 6.61. The molecule has 2 rings (SSSR count). The molecule has 0 spiro atoms. The van der Waals surface area contributed by atoms with Crippen LogP contribution >= 0.6 is 0 Å². The van der Waals surface area contributed by atoms with Crippen LogP contribution < -0.4 is 16.2 Å². The topological polar surface area (TPSA) is 139 Å². The first kappa shape index (κ1) is 20.0. The number of nitrogens with one attached hydrogen (secondary N) is 3. The Morgan fingerprint density at radius 3 is 2.74 bits per heavy atom.